The van der Waals surface area contributed by atoms with Crippen molar-refractivity contribution in [1.82, 2.24) is 9.91 Å². The number of carbonyl (C=O) groups excluding carboxylic acids is 2. The zero-order valence-corrected chi connectivity index (χ0v) is 19.6. The Bertz CT molecular complexity index is 1060. The highest BCUT2D eigenvalue weighted by atomic mass is 19.1. The van der Waals surface area contributed by atoms with E-state index < -0.39 is 6.04 Å². The molecule has 0 bridgehead atoms. The third-order valence-corrected chi connectivity index (χ3v) is 6.34. The van der Waals surface area contributed by atoms with Crippen LogP contribution in [0.3, 0.4) is 0 Å². The Labute approximate surface area is 199 Å². The summed E-state index contributed by atoms with van der Waals surface area (Å²) in [7, 11) is 1.60. The van der Waals surface area contributed by atoms with Crippen molar-refractivity contribution in [3.63, 3.8) is 0 Å². The smallest absolute Gasteiger partial charge is 0.310 e. The molecule has 2 aromatic carbocycles. The summed E-state index contributed by atoms with van der Waals surface area (Å²) < 4.78 is 25.1. The topological polar surface area (TPSA) is 71.4 Å². The van der Waals surface area contributed by atoms with Crippen molar-refractivity contribution in [2.24, 2.45) is 11.0 Å². The number of hydrazone groups is 1. The van der Waals surface area contributed by atoms with Crippen LogP contribution in [0.2, 0.25) is 0 Å². The fraction of sp³-hybridized carbons (Fsp3) is 0.423. The molecular weight excluding hydrogens is 437 g/mol. The molecule has 1 fully saturated rings. The van der Waals surface area contributed by atoms with Crippen LogP contribution in [0.1, 0.15) is 43.4 Å². The summed E-state index contributed by atoms with van der Waals surface area (Å²) in [6.45, 7) is 3.43. The number of hydrogen-bond donors (Lipinski definition) is 0. The van der Waals surface area contributed by atoms with E-state index in [1.54, 1.807) is 32.2 Å². The summed E-state index contributed by atoms with van der Waals surface area (Å²) in [4.78, 5) is 27.6. The highest BCUT2D eigenvalue weighted by molar-refractivity contribution is 6.03. The second-order valence-corrected chi connectivity index (χ2v) is 8.58. The van der Waals surface area contributed by atoms with Gasteiger partial charge in [-0.15, -0.1) is 0 Å². The maximum atomic E-state index is 14.7. The van der Waals surface area contributed by atoms with Crippen LogP contribution >= 0.6 is 0 Å². The third kappa shape index (κ3) is 5.28. The minimum absolute atomic E-state index is 0.111. The lowest BCUT2D eigenvalue weighted by Crippen LogP contribution is -2.45. The highest BCUT2D eigenvalue weighted by Gasteiger charge is 2.36. The molecule has 34 heavy (non-hydrogen) atoms. The number of amides is 1. The van der Waals surface area contributed by atoms with Crippen molar-refractivity contribution < 1.29 is 23.5 Å². The first kappa shape index (κ1) is 23.9. The van der Waals surface area contributed by atoms with Gasteiger partial charge in [0.05, 0.1) is 37.9 Å². The summed E-state index contributed by atoms with van der Waals surface area (Å²) in [6.07, 6.45) is 1.98. The van der Waals surface area contributed by atoms with Gasteiger partial charge >= 0.3 is 5.97 Å². The lowest BCUT2D eigenvalue weighted by molar-refractivity contribution is -0.150. The van der Waals surface area contributed by atoms with Crippen LogP contribution in [0.25, 0.3) is 0 Å². The van der Waals surface area contributed by atoms with Crippen LogP contribution in [0, 0.1) is 11.7 Å². The van der Waals surface area contributed by atoms with Crippen molar-refractivity contribution >= 4 is 17.6 Å². The Morgan fingerprint density at radius 1 is 1.15 bits per heavy atom. The number of hydrogen-bond acceptors (Lipinski definition) is 6. The van der Waals surface area contributed by atoms with Gasteiger partial charge in [0, 0.05) is 18.5 Å². The minimum Gasteiger partial charge on any atom is -0.497 e. The van der Waals surface area contributed by atoms with E-state index in [2.05, 4.69) is 5.10 Å². The standard InChI is InChI=1S/C26H30FN3O4/c1-3-34-26(32)19-7-6-14-29(16-19)17-25(31)30-24(21-8-4-5-9-22(21)27)15-23(28-30)18-10-12-20(33-2)13-11-18/h4-5,8-13,19,24H,3,6-7,14-17H2,1-2H3/t19-,24-/m0/s1. The SMILES string of the molecule is CCOC(=O)[C@H]1CCCN(CC(=O)N2N=C(c3ccc(OC)cc3)C[C@H]2c2ccccc2F)C1. The van der Waals surface area contributed by atoms with Crippen LogP contribution in [-0.2, 0) is 14.3 Å². The number of piperidine rings is 1. The van der Waals surface area contributed by atoms with Crippen molar-refractivity contribution in [2.45, 2.75) is 32.2 Å². The summed E-state index contributed by atoms with van der Waals surface area (Å²) >= 11 is 0. The molecule has 2 atom stereocenters. The number of benzene rings is 2. The van der Waals surface area contributed by atoms with Gasteiger partial charge in [0.25, 0.3) is 5.91 Å². The van der Waals surface area contributed by atoms with Crippen molar-refractivity contribution in [3.8, 4) is 5.75 Å². The number of carbonyl (C=O) groups is 2. The number of rotatable bonds is 7. The summed E-state index contributed by atoms with van der Waals surface area (Å²) in [5.74, 6) is -0.314. The molecule has 2 aliphatic rings. The number of likely N-dealkylation sites (tertiary alicyclic amines) is 1. The minimum atomic E-state index is -0.531. The Balaban J connectivity index is 1.55. The summed E-state index contributed by atoms with van der Waals surface area (Å²) in [5.41, 5.74) is 2.01. The summed E-state index contributed by atoms with van der Waals surface area (Å²) in [5, 5.41) is 6.05. The molecule has 1 amide bonds. The molecule has 1 saturated heterocycles. The van der Waals surface area contributed by atoms with E-state index >= 15 is 0 Å². The molecule has 0 radical (unpaired) electrons. The van der Waals surface area contributed by atoms with Gasteiger partial charge < -0.3 is 9.47 Å². The van der Waals surface area contributed by atoms with E-state index in [0.29, 0.717) is 30.8 Å². The van der Waals surface area contributed by atoms with E-state index in [1.165, 1.54) is 11.1 Å². The van der Waals surface area contributed by atoms with Crippen LogP contribution < -0.4 is 4.74 Å². The Kier molecular flexibility index (Phi) is 7.57. The molecule has 180 valence electrons. The zero-order chi connectivity index (χ0) is 24.1. The first-order valence-corrected chi connectivity index (χ1v) is 11.7. The van der Waals surface area contributed by atoms with Crippen molar-refractivity contribution in [2.75, 3.05) is 33.4 Å². The van der Waals surface area contributed by atoms with Crippen LogP contribution in [-0.4, -0.2) is 60.8 Å². The monoisotopic (exact) mass is 467 g/mol. The second-order valence-electron chi connectivity index (χ2n) is 8.58. The fourth-order valence-electron chi connectivity index (χ4n) is 4.60. The summed E-state index contributed by atoms with van der Waals surface area (Å²) in [6, 6.07) is 13.4. The van der Waals surface area contributed by atoms with Crippen LogP contribution in [0.4, 0.5) is 4.39 Å². The quantitative estimate of drug-likeness (QED) is 0.580. The lowest BCUT2D eigenvalue weighted by atomic mass is 9.97. The van der Waals surface area contributed by atoms with Gasteiger partial charge in [0.2, 0.25) is 0 Å². The van der Waals surface area contributed by atoms with E-state index in [4.69, 9.17) is 9.47 Å². The van der Waals surface area contributed by atoms with Gasteiger partial charge in [0.1, 0.15) is 11.6 Å². The van der Waals surface area contributed by atoms with Gasteiger partial charge in [-0.2, -0.15) is 5.10 Å². The molecule has 7 nitrogen and oxygen atoms in total. The van der Waals surface area contributed by atoms with Gasteiger partial charge in [-0.3, -0.25) is 14.5 Å². The highest BCUT2D eigenvalue weighted by Crippen LogP contribution is 2.34. The lowest BCUT2D eigenvalue weighted by Gasteiger charge is -2.32. The fourth-order valence-corrected chi connectivity index (χ4v) is 4.60. The molecule has 0 saturated carbocycles. The first-order chi connectivity index (χ1) is 16.5. The number of ether oxygens (including phenoxy) is 2. The Hall–Kier alpha value is -3.26. The molecule has 8 heteroatoms. The van der Waals surface area contributed by atoms with Crippen LogP contribution in [0.5, 0.6) is 5.75 Å². The average molecular weight is 468 g/mol. The average Bonchev–Trinajstić information content (AvgIpc) is 3.30. The predicted octanol–water partition coefficient (Wildman–Crippen LogP) is 3.79. The predicted molar refractivity (Wildman–Crippen MR) is 126 cm³/mol. The van der Waals surface area contributed by atoms with Gasteiger partial charge in [-0.25, -0.2) is 9.40 Å². The van der Waals surface area contributed by atoms with Gasteiger partial charge in [-0.05, 0) is 62.2 Å². The number of halogens is 1. The molecule has 0 N–H and O–H groups in total. The van der Waals surface area contributed by atoms with E-state index in [-0.39, 0.29) is 30.2 Å². The van der Waals surface area contributed by atoms with E-state index in [9.17, 15) is 14.0 Å². The number of esters is 1. The van der Waals surface area contributed by atoms with Crippen LogP contribution in [0.15, 0.2) is 53.6 Å². The maximum absolute atomic E-state index is 14.7. The van der Waals surface area contributed by atoms with Crippen molar-refractivity contribution in [3.05, 3.63) is 65.5 Å². The molecule has 0 spiro atoms. The molecule has 4 rings (SSSR count). The second kappa shape index (κ2) is 10.8. The molecular formula is C26H30FN3O4. The van der Waals surface area contributed by atoms with Gasteiger partial charge in [0.15, 0.2) is 0 Å². The first-order valence-electron chi connectivity index (χ1n) is 11.7. The van der Waals surface area contributed by atoms with E-state index in [1.807, 2.05) is 29.2 Å². The van der Waals surface area contributed by atoms with Gasteiger partial charge in [-0.1, -0.05) is 18.2 Å². The zero-order valence-electron chi connectivity index (χ0n) is 19.6. The Morgan fingerprint density at radius 3 is 2.62 bits per heavy atom. The third-order valence-electron chi connectivity index (χ3n) is 6.34. The molecule has 0 aromatic heterocycles. The van der Waals surface area contributed by atoms with E-state index in [0.717, 1.165) is 30.7 Å². The molecule has 0 unspecified atom stereocenters. The maximum Gasteiger partial charge on any atom is 0.310 e. The molecule has 2 aliphatic heterocycles. The molecule has 0 aliphatic carbocycles. The molecule has 2 aromatic rings. The molecule has 2 heterocycles. The largest absolute Gasteiger partial charge is 0.497 e. The van der Waals surface area contributed by atoms with Crippen molar-refractivity contribution in [1.29, 1.82) is 0 Å². The number of nitrogens with zero attached hydrogens (tertiary/aromatic N) is 3. The number of methoxy groups -OCH3 is 1. The normalized spacial score (nSPS) is 20.7. The Morgan fingerprint density at radius 2 is 1.91 bits per heavy atom.